The van der Waals surface area contributed by atoms with E-state index in [-0.39, 0.29) is 37.5 Å². The Morgan fingerprint density at radius 1 is 1.38 bits per heavy atom. The second-order valence-corrected chi connectivity index (χ2v) is 9.32. The van der Waals surface area contributed by atoms with Crippen LogP contribution in [-0.4, -0.2) is 86.6 Å². The fourth-order valence-corrected chi connectivity index (χ4v) is 5.09. The number of hydrogen-bond donors (Lipinski definition) is 1. The highest BCUT2D eigenvalue weighted by molar-refractivity contribution is 7.10. The number of amides is 1. The van der Waals surface area contributed by atoms with E-state index in [1.165, 1.54) is 17.0 Å². The lowest BCUT2D eigenvalue weighted by molar-refractivity contribution is -0.136. The number of rotatable bonds is 14. The number of nitrogens with zero attached hydrogens (tertiary/aromatic N) is 2. The Balaban J connectivity index is 1.69. The predicted octanol–water partition coefficient (Wildman–Crippen LogP) is 3.13. The van der Waals surface area contributed by atoms with Crippen molar-refractivity contribution in [3.63, 3.8) is 0 Å². The van der Waals surface area contributed by atoms with Gasteiger partial charge in [-0.25, -0.2) is 4.39 Å². The standard InChI is InChI=1S/C25H35FN2O5S/c1-3-32-17-20(29)15-27(10-5-12-31-2)16-25(30)28-11-8-24-22(9-13-34-24)23(28)18-33-21-7-4-6-19(26)14-21/h4,6-7,9,13-14,20,23,29H,3,5,8,10-12,15-18H2,1-2H3/t20-,23+/m0/s1. The van der Waals surface area contributed by atoms with Gasteiger partial charge in [0.05, 0.1) is 25.3 Å². The van der Waals surface area contributed by atoms with E-state index in [1.807, 2.05) is 28.2 Å². The second-order valence-electron chi connectivity index (χ2n) is 8.32. The van der Waals surface area contributed by atoms with E-state index in [1.54, 1.807) is 30.6 Å². The molecule has 0 spiro atoms. The second kappa shape index (κ2) is 13.7. The Labute approximate surface area is 205 Å². The van der Waals surface area contributed by atoms with Crippen LogP contribution in [0.1, 0.15) is 29.8 Å². The molecule has 0 bridgehead atoms. The zero-order chi connectivity index (χ0) is 24.3. The van der Waals surface area contributed by atoms with Gasteiger partial charge in [0, 0.05) is 50.9 Å². The molecule has 1 aliphatic heterocycles. The zero-order valence-electron chi connectivity index (χ0n) is 20.0. The van der Waals surface area contributed by atoms with Crippen LogP contribution in [0.2, 0.25) is 0 Å². The highest BCUT2D eigenvalue weighted by Crippen LogP contribution is 2.34. The molecule has 9 heteroatoms. The van der Waals surface area contributed by atoms with Crippen molar-refractivity contribution in [2.75, 3.05) is 59.7 Å². The quantitative estimate of drug-likeness (QED) is 0.407. The van der Waals surface area contributed by atoms with Crippen molar-refractivity contribution in [3.05, 3.63) is 52.0 Å². The zero-order valence-corrected chi connectivity index (χ0v) is 20.8. The minimum atomic E-state index is -0.674. The van der Waals surface area contributed by atoms with Crippen LogP contribution in [0.3, 0.4) is 0 Å². The number of thiophene rings is 1. The molecule has 2 aromatic rings. The summed E-state index contributed by atoms with van der Waals surface area (Å²) in [6.07, 6.45) is 0.879. The van der Waals surface area contributed by atoms with Crippen molar-refractivity contribution >= 4 is 17.2 Å². The number of fused-ring (bicyclic) bond motifs is 1. The number of methoxy groups -OCH3 is 1. The summed E-state index contributed by atoms with van der Waals surface area (Å²) in [7, 11) is 1.65. The summed E-state index contributed by atoms with van der Waals surface area (Å²) in [4.78, 5) is 18.5. The first kappa shape index (κ1) is 26.6. The Kier molecular flexibility index (Phi) is 10.7. The number of ether oxygens (including phenoxy) is 3. The van der Waals surface area contributed by atoms with Gasteiger partial charge in [0.2, 0.25) is 5.91 Å². The summed E-state index contributed by atoms with van der Waals surface area (Å²) in [5, 5.41) is 12.4. The lowest BCUT2D eigenvalue weighted by atomic mass is 10.0. The normalized spacial score (nSPS) is 16.5. The Morgan fingerprint density at radius 2 is 2.24 bits per heavy atom. The summed E-state index contributed by atoms with van der Waals surface area (Å²) >= 11 is 1.69. The molecule has 188 valence electrons. The lowest BCUT2D eigenvalue weighted by Crippen LogP contribution is -2.48. The average Bonchev–Trinajstić information content (AvgIpc) is 3.30. The molecule has 3 rings (SSSR count). The maximum absolute atomic E-state index is 13.6. The Morgan fingerprint density at radius 3 is 3.00 bits per heavy atom. The van der Waals surface area contributed by atoms with Crippen molar-refractivity contribution in [1.29, 1.82) is 0 Å². The van der Waals surface area contributed by atoms with Crippen LogP contribution in [0.15, 0.2) is 35.7 Å². The van der Waals surface area contributed by atoms with Crippen LogP contribution in [-0.2, 0) is 20.7 Å². The molecule has 0 radical (unpaired) electrons. The first-order chi connectivity index (χ1) is 16.5. The first-order valence-corrected chi connectivity index (χ1v) is 12.6. The largest absolute Gasteiger partial charge is 0.491 e. The number of halogens is 1. The van der Waals surface area contributed by atoms with Gasteiger partial charge in [-0.2, -0.15) is 0 Å². The van der Waals surface area contributed by atoms with Gasteiger partial charge in [0.1, 0.15) is 18.2 Å². The van der Waals surface area contributed by atoms with E-state index in [0.29, 0.717) is 38.6 Å². The monoisotopic (exact) mass is 494 g/mol. The Bertz CT molecular complexity index is 896. The molecule has 0 saturated carbocycles. The van der Waals surface area contributed by atoms with Crippen molar-refractivity contribution in [1.82, 2.24) is 9.80 Å². The van der Waals surface area contributed by atoms with E-state index in [0.717, 1.165) is 18.4 Å². The third kappa shape index (κ3) is 7.74. The van der Waals surface area contributed by atoms with Gasteiger partial charge in [0.25, 0.3) is 0 Å². The molecule has 0 fully saturated rings. The summed E-state index contributed by atoms with van der Waals surface area (Å²) in [5.41, 5.74) is 1.09. The maximum atomic E-state index is 13.6. The topological polar surface area (TPSA) is 71.5 Å². The smallest absolute Gasteiger partial charge is 0.237 e. The SMILES string of the molecule is CCOC[C@@H](O)CN(CCCOC)CC(=O)N1CCc2sccc2[C@H]1COc1cccc(F)c1. The average molecular weight is 495 g/mol. The molecule has 0 saturated heterocycles. The molecule has 2 heterocycles. The highest BCUT2D eigenvalue weighted by Gasteiger charge is 2.33. The van der Waals surface area contributed by atoms with Gasteiger partial charge in [-0.15, -0.1) is 11.3 Å². The number of carbonyl (C=O) groups excluding carboxylic acids is 1. The van der Waals surface area contributed by atoms with Crippen LogP contribution in [0.4, 0.5) is 4.39 Å². The van der Waals surface area contributed by atoms with Gasteiger partial charge in [-0.3, -0.25) is 9.69 Å². The van der Waals surface area contributed by atoms with Crippen molar-refractivity contribution in [3.8, 4) is 5.75 Å². The number of benzene rings is 1. The molecular weight excluding hydrogens is 459 g/mol. The molecule has 2 atom stereocenters. The van der Waals surface area contributed by atoms with Gasteiger partial charge in [-0.05, 0) is 48.9 Å². The van der Waals surface area contributed by atoms with Crippen LogP contribution < -0.4 is 4.74 Å². The van der Waals surface area contributed by atoms with Crippen LogP contribution in [0.5, 0.6) is 5.75 Å². The van der Waals surface area contributed by atoms with Crippen LogP contribution in [0.25, 0.3) is 0 Å². The fraction of sp³-hybridized carbons (Fsp3) is 0.560. The summed E-state index contributed by atoms with van der Waals surface area (Å²) in [6, 6.07) is 7.83. The number of aliphatic hydroxyl groups is 1. The van der Waals surface area contributed by atoms with Crippen molar-refractivity contribution < 1.29 is 28.5 Å². The molecule has 1 aromatic heterocycles. The highest BCUT2D eigenvalue weighted by atomic mass is 32.1. The molecular formula is C25H35FN2O5S. The maximum Gasteiger partial charge on any atom is 0.237 e. The molecule has 1 aliphatic rings. The van der Waals surface area contributed by atoms with Crippen LogP contribution in [0, 0.1) is 5.82 Å². The minimum absolute atomic E-state index is 0.0225. The summed E-state index contributed by atoms with van der Waals surface area (Å²) < 4.78 is 30.0. The number of aliphatic hydroxyl groups excluding tert-OH is 1. The molecule has 1 amide bonds. The van der Waals surface area contributed by atoms with Gasteiger partial charge >= 0.3 is 0 Å². The van der Waals surface area contributed by atoms with E-state index in [2.05, 4.69) is 0 Å². The summed E-state index contributed by atoms with van der Waals surface area (Å²) in [5.74, 6) is 0.0586. The molecule has 1 aromatic carbocycles. The van der Waals surface area contributed by atoms with E-state index < -0.39 is 6.10 Å². The van der Waals surface area contributed by atoms with E-state index in [9.17, 15) is 14.3 Å². The van der Waals surface area contributed by atoms with Crippen molar-refractivity contribution in [2.24, 2.45) is 0 Å². The molecule has 7 nitrogen and oxygen atoms in total. The number of hydrogen-bond acceptors (Lipinski definition) is 7. The Hall–Kier alpha value is -2.04. The van der Waals surface area contributed by atoms with Gasteiger partial charge < -0.3 is 24.2 Å². The lowest BCUT2D eigenvalue weighted by Gasteiger charge is -2.37. The third-order valence-corrected chi connectivity index (χ3v) is 6.78. The minimum Gasteiger partial charge on any atom is -0.491 e. The van der Waals surface area contributed by atoms with Crippen LogP contribution >= 0.6 is 11.3 Å². The van der Waals surface area contributed by atoms with Gasteiger partial charge in [-0.1, -0.05) is 6.07 Å². The fourth-order valence-electron chi connectivity index (χ4n) is 4.16. The molecule has 1 N–H and O–H groups in total. The summed E-state index contributed by atoms with van der Waals surface area (Å²) in [6.45, 7) is 5.23. The first-order valence-electron chi connectivity index (χ1n) is 11.7. The third-order valence-electron chi connectivity index (χ3n) is 5.78. The molecule has 0 unspecified atom stereocenters. The molecule has 0 aliphatic carbocycles. The van der Waals surface area contributed by atoms with E-state index >= 15 is 0 Å². The predicted molar refractivity (Wildman–Crippen MR) is 130 cm³/mol. The van der Waals surface area contributed by atoms with Gasteiger partial charge in [0.15, 0.2) is 0 Å². The molecule has 34 heavy (non-hydrogen) atoms. The van der Waals surface area contributed by atoms with Crippen molar-refractivity contribution in [2.45, 2.75) is 31.9 Å². The number of carbonyl (C=O) groups is 1. The van der Waals surface area contributed by atoms with E-state index in [4.69, 9.17) is 14.2 Å².